The first-order chi connectivity index (χ1) is 14.2. The molecule has 10 heteroatoms. The summed E-state index contributed by atoms with van der Waals surface area (Å²) >= 11 is 0. The second-order valence-electron chi connectivity index (χ2n) is 7.28. The molecule has 2 heterocycles. The number of ether oxygens (including phenoxy) is 1. The lowest BCUT2D eigenvalue weighted by Crippen LogP contribution is -2.50. The molecule has 0 aliphatic heterocycles. The maximum Gasteiger partial charge on any atom is 0.240 e. The highest BCUT2D eigenvalue weighted by molar-refractivity contribution is 5.85. The first-order valence-corrected chi connectivity index (χ1v) is 9.06. The van der Waals surface area contributed by atoms with E-state index in [1.807, 2.05) is 6.07 Å². The van der Waals surface area contributed by atoms with E-state index in [0.29, 0.717) is 11.2 Å². The van der Waals surface area contributed by atoms with Gasteiger partial charge in [0.2, 0.25) is 5.91 Å². The predicted molar refractivity (Wildman–Crippen MR) is 110 cm³/mol. The Morgan fingerprint density at radius 3 is 2.58 bits per heavy atom. The summed E-state index contributed by atoms with van der Waals surface area (Å²) in [6.45, 7) is 2.56. The normalized spacial score (nSPS) is 12.1. The van der Waals surface area contributed by atoms with Gasteiger partial charge in [-0.15, -0.1) is 10.2 Å². The lowest BCUT2D eigenvalue weighted by atomic mass is 10.1. The maximum absolute atomic E-state index is 13.8. The number of hydrogen-bond donors (Lipinski definition) is 2. The van der Waals surface area contributed by atoms with Crippen LogP contribution >= 0.6 is 0 Å². The molecule has 0 bridgehead atoms. The number of nitriles is 1. The van der Waals surface area contributed by atoms with Crippen molar-refractivity contribution in [1.82, 2.24) is 19.9 Å². The first-order valence-electron chi connectivity index (χ1n) is 9.06. The molecule has 0 saturated heterocycles. The molecule has 0 aliphatic rings. The van der Waals surface area contributed by atoms with Crippen LogP contribution in [0.3, 0.4) is 0 Å². The van der Waals surface area contributed by atoms with Crippen LogP contribution in [0.2, 0.25) is 0 Å². The van der Waals surface area contributed by atoms with E-state index >= 15 is 0 Å². The minimum absolute atomic E-state index is 0. The van der Waals surface area contributed by atoms with Crippen LogP contribution in [0.5, 0.6) is 0 Å². The number of aromatic nitrogens is 3. The van der Waals surface area contributed by atoms with E-state index < -0.39 is 29.1 Å². The molecule has 1 amide bonds. The van der Waals surface area contributed by atoms with Crippen molar-refractivity contribution in [2.45, 2.75) is 39.5 Å². The Labute approximate surface area is 178 Å². The summed E-state index contributed by atoms with van der Waals surface area (Å²) in [4.78, 5) is 12.4. The van der Waals surface area contributed by atoms with Crippen LogP contribution in [-0.2, 0) is 16.1 Å². The molecule has 1 atom stereocenters. The Kier molecular flexibility index (Phi) is 7.38. The van der Waals surface area contributed by atoms with Crippen molar-refractivity contribution < 1.29 is 18.3 Å². The minimum Gasteiger partial charge on any atom is -0.374 e. The Bertz CT molecular complexity index is 1100. The molecule has 31 heavy (non-hydrogen) atoms. The highest BCUT2D eigenvalue weighted by Gasteiger charge is 2.28. The number of nitrogens with zero attached hydrogens (tertiary/aromatic N) is 4. The molecule has 0 saturated carbocycles. The molecule has 0 fully saturated rings. The molecule has 0 radical (unpaired) electrons. The standard InChI is InChI=1S/C20H20F2N6O2.CH4/c1-20(2,24)19(29)25-16(11-30-10-13-14(21)4-3-5-15(13)22)18-27-26-17-7-6-12(8-23)9-28(17)18;/h3-7,9,16H,10-11,24H2,1-2H3,(H,25,29);1H4/t16-;/m1./s1. The number of amides is 1. The number of nitrogens with two attached hydrogens (primary N) is 1. The zero-order valence-electron chi connectivity index (χ0n) is 16.4. The minimum atomic E-state index is -1.19. The SMILES string of the molecule is C.CC(C)(N)C(=O)N[C@H](COCc1c(F)cccc1F)c1nnc2ccc(C#N)cn12. The number of benzene rings is 1. The van der Waals surface area contributed by atoms with Gasteiger partial charge in [-0.05, 0) is 38.1 Å². The van der Waals surface area contributed by atoms with Gasteiger partial charge in [0, 0.05) is 11.8 Å². The highest BCUT2D eigenvalue weighted by atomic mass is 19.1. The molecule has 2 aromatic heterocycles. The van der Waals surface area contributed by atoms with Gasteiger partial charge in [-0.2, -0.15) is 5.26 Å². The molecule has 3 aromatic rings. The smallest absolute Gasteiger partial charge is 0.240 e. The Morgan fingerprint density at radius 2 is 1.97 bits per heavy atom. The van der Waals surface area contributed by atoms with Gasteiger partial charge >= 0.3 is 0 Å². The number of halogens is 2. The zero-order chi connectivity index (χ0) is 21.9. The summed E-state index contributed by atoms with van der Waals surface area (Å²) in [7, 11) is 0. The van der Waals surface area contributed by atoms with Crippen LogP contribution in [0.1, 0.15) is 44.3 Å². The summed E-state index contributed by atoms with van der Waals surface area (Å²) in [5.41, 5.74) is 5.27. The Hall–Kier alpha value is -3.42. The third-order valence-corrected chi connectivity index (χ3v) is 4.35. The van der Waals surface area contributed by atoms with Crippen LogP contribution in [0.15, 0.2) is 36.5 Å². The van der Waals surface area contributed by atoms with E-state index in [4.69, 9.17) is 15.7 Å². The fraction of sp³-hybridized carbons (Fsp3) is 0.333. The van der Waals surface area contributed by atoms with Gasteiger partial charge < -0.3 is 15.8 Å². The van der Waals surface area contributed by atoms with Gasteiger partial charge in [-0.1, -0.05) is 13.5 Å². The zero-order valence-corrected chi connectivity index (χ0v) is 16.4. The van der Waals surface area contributed by atoms with E-state index in [2.05, 4.69) is 15.5 Å². The molecule has 3 N–H and O–H groups in total. The number of rotatable bonds is 7. The first kappa shape index (κ1) is 23.9. The fourth-order valence-electron chi connectivity index (χ4n) is 2.69. The summed E-state index contributed by atoms with van der Waals surface area (Å²) in [5, 5.41) is 20.0. The van der Waals surface area contributed by atoms with E-state index in [1.165, 1.54) is 26.1 Å². The third-order valence-electron chi connectivity index (χ3n) is 4.35. The molecular weight excluding hydrogens is 406 g/mol. The molecule has 3 rings (SSSR count). The quantitative estimate of drug-likeness (QED) is 0.595. The van der Waals surface area contributed by atoms with Crippen LogP contribution in [0, 0.1) is 23.0 Å². The number of hydrogen-bond acceptors (Lipinski definition) is 6. The van der Waals surface area contributed by atoms with Crippen LogP contribution in [-0.4, -0.2) is 32.7 Å². The topological polar surface area (TPSA) is 118 Å². The second kappa shape index (κ2) is 9.59. The van der Waals surface area contributed by atoms with Crippen molar-refractivity contribution in [2.24, 2.45) is 5.73 Å². The number of fused-ring (bicyclic) bond motifs is 1. The van der Waals surface area contributed by atoms with Gasteiger partial charge in [-0.3, -0.25) is 9.20 Å². The molecule has 0 unspecified atom stereocenters. The fourth-order valence-corrected chi connectivity index (χ4v) is 2.69. The van der Waals surface area contributed by atoms with Crippen LogP contribution in [0.25, 0.3) is 5.65 Å². The van der Waals surface area contributed by atoms with E-state index in [0.717, 1.165) is 12.1 Å². The molecule has 1 aromatic carbocycles. The van der Waals surface area contributed by atoms with Crippen molar-refractivity contribution in [3.63, 3.8) is 0 Å². The summed E-state index contributed by atoms with van der Waals surface area (Å²) in [6.07, 6.45) is 1.52. The molecule has 8 nitrogen and oxygen atoms in total. The van der Waals surface area contributed by atoms with Crippen LogP contribution in [0.4, 0.5) is 8.78 Å². The summed E-state index contributed by atoms with van der Waals surface area (Å²) in [6, 6.07) is 7.90. The van der Waals surface area contributed by atoms with Crippen molar-refractivity contribution in [2.75, 3.05) is 6.61 Å². The van der Waals surface area contributed by atoms with Gasteiger partial charge in [-0.25, -0.2) is 8.78 Å². The molecule has 0 aliphatic carbocycles. The van der Waals surface area contributed by atoms with Gasteiger partial charge in [0.25, 0.3) is 0 Å². The van der Waals surface area contributed by atoms with Crippen molar-refractivity contribution in [3.05, 3.63) is 65.1 Å². The van der Waals surface area contributed by atoms with Crippen molar-refractivity contribution >= 4 is 11.6 Å². The van der Waals surface area contributed by atoms with Crippen molar-refractivity contribution in [1.29, 1.82) is 5.26 Å². The second-order valence-corrected chi connectivity index (χ2v) is 7.28. The average molecular weight is 430 g/mol. The Morgan fingerprint density at radius 1 is 1.29 bits per heavy atom. The van der Waals surface area contributed by atoms with Gasteiger partial charge in [0.05, 0.1) is 24.3 Å². The number of pyridine rings is 1. The van der Waals surface area contributed by atoms with E-state index in [1.54, 1.807) is 16.5 Å². The van der Waals surface area contributed by atoms with Gasteiger partial charge in [0.15, 0.2) is 11.5 Å². The van der Waals surface area contributed by atoms with Gasteiger partial charge in [0.1, 0.15) is 23.7 Å². The van der Waals surface area contributed by atoms with Crippen LogP contribution < -0.4 is 11.1 Å². The van der Waals surface area contributed by atoms with E-state index in [9.17, 15) is 13.6 Å². The highest BCUT2D eigenvalue weighted by Crippen LogP contribution is 2.18. The number of carbonyl (C=O) groups is 1. The molecular formula is C21H24F2N6O2. The lowest BCUT2D eigenvalue weighted by Gasteiger charge is -2.23. The summed E-state index contributed by atoms with van der Waals surface area (Å²) < 4.78 is 34.7. The maximum atomic E-state index is 13.8. The number of carbonyl (C=O) groups excluding carboxylic acids is 1. The van der Waals surface area contributed by atoms with E-state index in [-0.39, 0.29) is 32.0 Å². The largest absolute Gasteiger partial charge is 0.374 e. The van der Waals surface area contributed by atoms with Crippen molar-refractivity contribution in [3.8, 4) is 6.07 Å². The number of nitrogens with one attached hydrogen (secondary N) is 1. The summed E-state index contributed by atoms with van der Waals surface area (Å²) in [5.74, 6) is -1.66. The monoisotopic (exact) mass is 430 g/mol. The average Bonchev–Trinajstić information content (AvgIpc) is 3.11. The Balaban J connectivity index is 0.00000341. The lowest BCUT2D eigenvalue weighted by molar-refractivity contribution is -0.126. The molecule has 0 spiro atoms. The third kappa shape index (κ3) is 5.39. The predicted octanol–water partition coefficient (Wildman–Crippen LogP) is 2.63. The molecule has 164 valence electrons.